The van der Waals surface area contributed by atoms with Crippen LogP contribution in [-0.4, -0.2) is 23.2 Å². The fourth-order valence-corrected chi connectivity index (χ4v) is 3.67. The molecule has 78 valence electrons. The molecule has 4 atom stereocenters. The molecule has 0 bridgehead atoms. The van der Waals surface area contributed by atoms with Crippen LogP contribution >= 0.6 is 7.60 Å². The maximum Gasteiger partial charge on any atom is 0.331 e. The standard InChI is InChI=1S/C8H18NO3P/c1-5(2)8-6(3)13(10,11)12-4-7(8)9/h5-8H,4,9H2,1-3H3,(H,10,11)/t6-,7+,8+/m0/s1. The van der Waals surface area contributed by atoms with Gasteiger partial charge in [0, 0.05) is 6.04 Å². The minimum Gasteiger partial charge on any atom is -0.325 e. The summed E-state index contributed by atoms with van der Waals surface area (Å²) in [7, 11) is -3.41. The largest absolute Gasteiger partial charge is 0.331 e. The number of hydrogen-bond acceptors (Lipinski definition) is 3. The molecule has 0 saturated carbocycles. The molecule has 0 amide bonds. The zero-order chi connectivity index (χ0) is 10.2. The Morgan fingerprint density at radius 3 is 2.54 bits per heavy atom. The van der Waals surface area contributed by atoms with Crippen LogP contribution in [-0.2, 0) is 9.09 Å². The van der Waals surface area contributed by atoms with Gasteiger partial charge in [0.05, 0.1) is 12.3 Å². The van der Waals surface area contributed by atoms with Crippen LogP contribution in [0.3, 0.4) is 0 Å². The third-order valence-electron chi connectivity index (χ3n) is 2.79. The number of nitrogens with two attached hydrogens (primary N) is 1. The summed E-state index contributed by atoms with van der Waals surface area (Å²) in [5, 5.41) is 0. The minimum atomic E-state index is -3.41. The number of hydrogen-bond donors (Lipinski definition) is 2. The van der Waals surface area contributed by atoms with Gasteiger partial charge in [0.1, 0.15) is 0 Å². The highest BCUT2D eigenvalue weighted by Crippen LogP contribution is 2.55. The van der Waals surface area contributed by atoms with Crippen molar-refractivity contribution in [2.24, 2.45) is 17.6 Å². The summed E-state index contributed by atoms with van der Waals surface area (Å²) in [5.41, 5.74) is 5.48. The Balaban J connectivity index is 2.85. The second-order valence-corrected chi connectivity index (χ2v) is 6.29. The second-order valence-electron chi connectivity index (χ2n) is 4.09. The highest BCUT2D eigenvalue weighted by molar-refractivity contribution is 7.53. The van der Waals surface area contributed by atoms with E-state index in [1.54, 1.807) is 6.92 Å². The summed E-state index contributed by atoms with van der Waals surface area (Å²) in [5.74, 6) is 0.388. The number of rotatable bonds is 1. The Bertz CT molecular complexity index is 231. The van der Waals surface area contributed by atoms with Crippen LogP contribution in [0.15, 0.2) is 0 Å². The van der Waals surface area contributed by atoms with Crippen molar-refractivity contribution in [3.63, 3.8) is 0 Å². The molecule has 13 heavy (non-hydrogen) atoms. The van der Waals surface area contributed by atoms with E-state index >= 15 is 0 Å². The van der Waals surface area contributed by atoms with Gasteiger partial charge >= 0.3 is 7.60 Å². The lowest BCUT2D eigenvalue weighted by Gasteiger charge is -2.39. The van der Waals surface area contributed by atoms with Crippen LogP contribution in [0.5, 0.6) is 0 Å². The Kier molecular flexibility index (Phi) is 3.18. The van der Waals surface area contributed by atoms with Gasteiger partial charge in [-0.3, -0.25) is 4.57 Å². The van der Waals surface area contributed by atoms with E-state index in [9.17, 15) is 9.46 Å². The van der Waals surface area contributed by atoms with Crippen LogP contribution in [0.25, 0.3) is 0 Å². The van der Waals surface area contributed by atoms with Crippen LogP contribution in [0.1, 0.15) is 20.8 Å². The summed E-state index contributed by atoms with van der Waals surface area (Å²) in [6.07, 6.45) is 0. The first-order valence-corrected chi connectivity index (χ1v) is 6.23. The zero-order valence-corrected chi connectivity index (χ0v) is 9.20. The first-order valence-electron chi connectivity index (χ1n) is 4.59. The van der Waals surface area contributed by atoms with Crippen molar-refractivity contribution in [3.05, 3.63) is 0 Å². The Morgan fingerprint density at radius 2 is 2.15 bits per heavy atom. The normalized spacial score (nSPS) is 46.8. The lowest BCUT2D eigenvalue weighted by molar-refractivity contribution is 0.142. The van der Waals surface area contributed by atoms with Gasteiger partial charge in [-0.15, -0.1) is 0 Å². The van der Waals surface area contributed by atoms with Crippen molar-refractivity contribution < 1.29 is 14.0 Å². The molecule has 0 aromatic heterocycles. The van der Waals surface area contributed by atoms with E-state index in [1.807, 2.05) is 13.8 Å². The monoisotopic (exact) mass is 207 g/mol. The molecule has 5 heteroatoms. The van der Waals surface area contributed by atoms with Gasteiger partial charge in [0.15, 0.2) is 0 Å². The van der Waals surface area contributed by atoms with Crippen molar-refractivity contribution in [3.8, 4) is 0 Å². The third-order valence-corrected chi connectivity index (χ3v) is 4.68. The van der Waals surface area contributed by atoms with Crippen LogP contribution in [0.4, 0.5) is 0 Å². The second kappa shape index (κ2) is 3.70. The van der Waals surface area contributed by atoms with Crippen molar-refractivity contribution >= 4 is 7.60 Å². The van der Waals surface area contributed by atoms with E-state index in [-0.39, 0.29) is 24.2 Å². The van der Waals surface area contributed by atoms with Crippen LogP contribution < -0.4 is 5.73 Å². The van der Waals surface area contributed by atoms with Gasteiger partial charge in [-0.25, -0.2) is 0 Å². The molecular weight excluding hydrogens is 189 g/mol. The third kappa shape index (κ3) is 2.13. The van der Waals surface area contributed by atoms with Crippen molar-refractivity contribution in [1.29, 1.82) is 0 Å². The van der Waals surface area contributed by atoms with E-state index in [2.05, 4.69) is 0 Å². The summed E-state index contributed by atoms with van der Waals surface area (Å²) >= 11 is 0. The van der Waals surface area contributed by atoms with E-state index in [1.165, 1.54) is 0 Å². The van der Waals surface area contributed by atoms with Crippen molar-refractivity contribution in [1.82, 2.24) is 0 Å². The van der Waals surface area contributed by atoms with Crippen LogP contribution in [0.2, 0.25) is 0 Å². The average molecular weight is 207 g/mol. The summed E-state index contributed by atoms with van der Waals surface area (Å²) in [4.78, 5) is 9.46. The minimum absolute atomic E-state index is 0.0737. The quantitative estimate of drug-likeness (QED) is 0.633. The molecule has 1 aliphatic heterocycles. The molecule has 1 unspecified atom stereocenters. The fourth-order valence-electron chi connectivity index (χ4n) is 2.05. The highest BCUT2D eigenvalue weighted by atomic mass is 31.2. The SMILES string of the molecule is CC(C)[C@H]1[C@H](N)COP(=O)(O)[C@H]1C. The summed E-state index contributed by atoms with van der Waals surface area (Å²) in [6.45, 7) is 5.98. The fraction of sp³-hybridized carbons (Fsp3) is 1.00. The predicted molar refractivity (Wildman–Crippen MR) is 51.5 cm³/mol. The molecular formula is C8H18NO3P. The van der Waals surface area contributed by atoms with Crippen molar-refractivity contribution in [2.45, 2.75) is 32.5 Å². The van der Waals surface area contributed by atoms with E-state index in [0.29, 0.717) is 5.92 Å². The smallest absolute Gasteiger partial charge is 0.325 e. The van der Waals surface area contributed by atoms with E-state index in [4.69, 9.17) is 10.3 Å². The molecule has 1 rings (SSSR count). The molecule has 4 nitrogen and oxygen atoms in total. The van der Waals surface area contributed by atoms with E-state index in [0.717, 1.165) is 0 Å². The molecule has 0 aromatic carbocycles. The molecule has 1 fully saturated rings. The van der Waals surface area contributed by atoms with E-state index < -0.39 is 7.60 Å². The Labute approximate surface area is 79.0 Å². The molecule has 1 saturated heterocycles. The lowest BCUT2D eigenvalue weighted by Crippen LogP contribution is -2.46. The molecule has 0 radical (unpaired) electrons. The highest BCUT2D eigenvalue weighted by Gasteiger charge is 2.44. The maximum atomic E-state index is 11.5. The van der Waals surface area contributed by atoms with Gasteiger partial charge in [-0.05, 0) is 11.8 Å². The molecule has 1 heterocycles. The first-order chi connectivity index (χ1) is 5.86. The van der Waals surface area contributed by atoms with Gasteiger partial charge in [0.25, 0.3) is 0 Å². The molecule has 1 aliphatic rings. The Morgan fingerprint density at radius 1 is 1.62 bits per heavy atom. The first kappa shape index (κ1) is 11.2. The molecule has 0 aliphatic carbocycles. The van der Waals surface area contributed by atoms with Gasteiger partial charge in [0.2, 0.25) is 0 Å². The lowest BCUT2D eigenvalue weighted by atomic mass is 9.86. The Hall–Kier alpha value is 0.110. The van der Waals surface area contributed by atoms with Gasteiger partial charge in [-0.2, -0.15) is 0 Å². The molecule has 0 aromatic rings. The maximum absolute atomic E-state index is 11.5. The average Bonchev–Trinajstić information content (AvgIpc) is 1.98. The predicted octanol–water partition coefficient (Wildman–Crippen LogP) is 1.19. The van der Waals surface area contributed by atoms with Gasteiger partial charge < -0.3 is 15.2 Å². The summed E-state index contributed by atoms with van der Waals surface area (Å²) in [6, 6.07) is -0.121. The van der Waals surface area contributed by atoms with Crippen LogP contribution in [0, 0.1) is 11.8 Å². The topological polar surface area (TPSA) is 72.5 Å². The van der Waals surface area contributed by atoms with Gasteiger partial charge in [-0.1, -0.05) is 20.8 Å². The summed E-state index contributed by atoms with van der Waals surface area (Å²) < 4.78 is 16.4. The zero-order valence-electron chi connectivity index (χ0n) is 8.30. The van der Waals surface area contributed by atoms with Crippen molar-refractivity contribution in [2.75, 3.05) is 6.61 Å². The molecule has 0 spiro atoms. The molecule has 3 N–H and O–H groups in total.